The predicted octanol–water partition coefficient (Wildman–Crippen LogP) is 2.91. The molecule has 0 saturated carbocycles. The summed E-state index contributed by atoms with van der Waals surface area (Å²) in [6.45, 7) is 5.24. The fourth-order valence-corrected chi connectivity index (χ4v) is 2.37. The minimum Gasteiger partial charge on any atom is -0.291 e. The molecule has 0 aliphatic carbocycles. The Bertz CT molecular complexity index is 555. The molecule has 106 valence electrons. The van der Waals surface area contributed by atoms with Gasteiger partial charge in [-0.3, -0.25) is 8.98 Å². The number of hydrogen-bond acceptors (Lipinski definition) is 4. The molecule has 0 heterocycles. The van der Waals surface area contributed by atoms with E-state index in [1.54, 1.807) is 45.0 Å². The van der Waals surface area contributed by atoms with Crippen molar-refractivity contribution in [1.29, 1.82) is 0 Å². The first-order valence-corrected chi connectivity index (χ1v) is 7.88. The molecule has 0 fully saturated rings. The molecule has 1 rings (SSSR count). The van der Waals surface area contributed by atoms with Crippen LogP contribution in [0.4, 0.5) is 0 Å². The standard InChI is InChI=1S/C13H17ClO4S/c1-13(2,3)12(18-19(4,16)17)11(15)9-5-7-10(14)8-6-9/h5-8,12H,1-4H3. The molecule has 1 atom stereocenters. The van der Waals surface area contributed by atoms with Gasteiger partial charge in [-0.2, -0.15) is 8.42 Å². The SMILES string of the molecule is CC(C)(C)C(OS(C)(=O)=O)C(=O)c1ccc(Cl)cc1. The molecule has 0 N–H and O–H groups in total. The number of rotatable bonds is 4. The summed E-state index contributed by atoms with van der Waals surface area (Å²) in [4.78, 5) is 12.3. The molecular weight excluding hydrogens is 288 g/mol. The van der Waals surface area contributed by atoms with Crippen molar-refractivity contribution in [2.24, 2.45) is 5.41 Å². The molecule has 0 amide bonds. The Balaban J connectivity index is 3.12. The molecule has 0 aliphatic heterocycles. The van der Waals surface area contributed by atoms with Crippen LogP contribution in [0.2, 0.25) is 5.02 Å². The van der Waals surface area contributed by atoms with Crippen molar-refractivity contribution in [2.75, 3.05) is 6.26 Å². The molecule has 1 unspecified atom stereocenters. The summed E-state index contributed by atoms with van der Waals surface area (Å²) in [6.07, 6.45) is -0.135. The van der Waals surface area contributed by atoms with Gasteiger partial charge in [0.2, 0.25) is 0 Å². The van der Waals surface area contributed by atoms with Crippen LogP contribution in [0.25, 0.3) is 0 Å². The molecule has 4 nitrogen and oxygen atoms in total. The first kappa shape index (κ1) is 16.1. The Kier molecular flexibility index (Phi) is 4.76. The van der Waals surface area contributed by atoms with Crippen LogP contribution in [0.15, 0.2) is 24.3 Å². The number of carbonyl (C=O) groups is 1. The lowest BCUT2D eigenvalue weighted by Gasteiger charge is -2.28. The zero-order valence-corrected chi connectivity index (χ0v) is 12.9. The topological polar surface area (TPSA) is 60.4 Å². The largest absolute Gasteiger partial charge is 0.291 e. The highest BCUT2D eigenvalue weighted by Crippen LogP contribution is 2.27. The lowest BCUT2D eigenvalue weighted by Crippen LogP contribution is -2.38. The fourth-order valence-electron chi connectivity index (χ4n) is 1.52. The van der Waals surface area contributed by atoms with Gasteiger partial charge in [0.15, 0.2) is 5.78 Å². The van der Waals surface area contributed by atoms with Crippen molar-refractivity contribution in [3.63, 3.8) is 0 Å². The van der Waals surface area contributed by atoms with Crippen molar-refractivity contribution >= 4 is 27.5 Å². The van der Waals surface area contributed by atoms with E-state index in [9.17, 15) is 13.2 Å². The van der Waals surface area contributed by atoms with E-state index in [-0.39, 0.29) is 5.78 Å². The van der Waals surface area contributed by atoms with E-state index in [1.165, 1.54) is 0 Å². The molecule has 0 aromatic heterocycles. The molecule has 0 aliphatic rings. The molecule has 6 heteroatoms. The summed E-state index contributed by atoms with van der Waals surface area (Å²) in [5.41, 5.74) is -0.271. The summed E-state index contributed by atoms with van der Waals surface area (Å²) >= 11 is 5.75. The minimum atomic E-state index is -3.71. The van der Waals surface area contributed by atoms with Gasteiger partial charge < -0.3 is 0 Å². The van der Waals surface area contributed by atoms with Crippen molar-refractivity contribution in [2.45, 2.75) is 26.9 Å². The van der Waals surface area contributed by atoms with Gasteiger partial charge in [0.1, 0.15) is 6.10 Å². The highest BCUT2D eigenvalue weighted by molar-refractivity contribution is 7.86. The van der Waals surface area contributed by atoms with E-state index >= 15 is 0 Å². The lowest BCUT2D eigenvalue weighted by atomic mass is 9.84. The smallest absolute Gasteiger partial charge is 0.265 e. The maximum Gasteiger partial charge on any atom is 0.265 e. The minimum absolute atomic E-state index is 0.368. The van der Waals surface area contributed by atoms with Gasteiger partial charge in [-0.15, -0.1) is 0 Å². The fraction of sp³-hybridized carbons (Fsp3) is 0.462. The normalized spacial score (nSPS) is 14.2. The number of hydrogen-bond donors (Lipinski definition) is 0. The van der Waals surface area contributed by atoms with Gasteiger partial charge >= 0.3 is 0 Å². The number of carbonyl (C=O) groups excluding carboxylic acids is 1. The second-order valence-electron chi connectivity index (χ2n) is 5.42. The van der Waals surface area contributed by atoms with Crippen molar-refractivity contribution in [3.8, 4) is 0 Å². The van der Waals surface area contributed by atoms with Crippen LogP contribution in [0, 0.1) is 5.41 Å². The van der Waals surface area contributed by atoms with Gasteiger partial charge in [0.25, 0.3) is 10.1 Å². The van der Waals surface area contributed by atoms with Crippen LogP contribution in [0.5, 0.6) is 0 Å². The molecule has 19 heavy (non-hydrogen) atoms. The van der Waals surface area contributed by atoms with Crippen molar-refractivity contribution in [3.05, 3.63) is 34.9 Å². The monoisotopic (exact) mass is 304 g/mol. The molecule has 0 radical (unpaired) electrons. The lowest BCUT2D eigenvalue weighted by molar-refractivity contribution is 0.0566. The Hall–Kier alpha value is -0.910. The molecule has 0 spiro atoms. The highest BCUT2D eigenvalue weighted by Gasteiger charge is 2.35. The maximum atomic E-state index is 12.3. The molecule has 0 bridgehead atoms. The van der Waals surface area contributed by atoms with Crippen molar-refractivity contribution in [1.82, 2.24) is 0 Å². The second kappa shape index (κ2) is 5.61. The van der Waals surface area contributed by atoms with E-state index in [0.717, 1.165) is 6.26 Å². The third-order valence-electron chi connectivity index (χ3n) is 2.42. The van der Waals surface area contributed by atoms with Gasteiger partial charge in [0.05, 0.1) is 6.26 Å². The first-order chi connectivity index (χ1) is 8.50. The van der Waals surface area contributed by atoms with Crippen LogP contribution in [-0.2, 0) is 14.3 Å². The van der Waals surface area contributed by atoms with E-state index < -0.39 is 21.6 Å². The van der Waals surface area contributed by atoms with Gasteiger partial charge in [-0.25, -0.2) is 0 Å². The summed E-state index contributed by atoms with van der Waals surface area (Å²) in [6, 6.07) is 6.26. The number of Topliss-reactive ketones (excluding diaryl/α,β-unsaturated/α-hetero) is 1. The third kappa shape index (κ3) is 4.93. The van der Waals surface area contributed by atoms with Crippen LogP contribution in [0.1, 0.15) is 31.1 Å². The Morgan fingerprint density at radius 1 is 1.21 bits per heavy atom. The molecule has 1 aromatic carbocycles. The van der Waals surface area contributed by atoms with Crippen LogP contribution in [0.3, 0.4) is 0 Å². The number of ketones is 1. The van der Waals surface area contributed by atoms with E-state index in [1.807, 2.05) is 0 Å². The Labute approximate surface area is 118 Å². The molecule has 0 saturated heterocycles. The quantitative estimate of drug-likeness (QED) is 0.634. The number of halogens is 1. The zero-order valence-electron chi connectivity index (χ0n) is 11.3. The van der Waals surface area contributed by atoms with Gasteiger partial charge in [-0.05, 0) is 29.7 Å². The average molecular weight is 305 g/mol. The van der Waals surface area contributed by atoms with Gasteiger partial charge in [-0.1, -0.05) is 32.4 Å². The second-order valence-corrected chi connectivity index (χ2v) is 7.45. The summed E-state index contributed by atoms with van der Waals surface area (Å²) < 4.78 is 27.5. The molecule has 1 aromatic rings. The molecular formula is C13H17ClO4S. The summed E-state index contributed by atoms with van der Waals surface area (Å²) in [7, 11) is -3.71. The maximum absolute atomic E-state index is 12.3. The third-order valence-corrected chi connectivity index (χ3v) is 3.22. The average Bonchev–Trinajstić information content (AvgIpc) is 2.23. The van der Waals surface area contributed by atoms with Crippen LogP contribution >= 0.6 is 11.6 Å². The Morgan fingerprint density at radius 3 is 2.05 bits per heavy atom. The van der Waals surface area contributed by atoms with Crippen molar-refractivity contribution < 1.29 is 17.4 Å². The van der Waals surface area contributed by atoms with Crippen LogP contribution in [-0.4, -0.2) is 26.6 Å². The van der Waals surface area contributed by atoms with E-state index in [4.69, 9.17) is 15.8 Å². The predicted molar refractivity (Wildman–Crippen MR) is 75.0 cm³/mol. The number of benzene rings is 1. The first-order valence-electron chi connectivity index (χ1n) is 5.69. The zero-order chi connectivity index (χ0) is 14.8. The highest BCUT2D eigenvalue weighted by atomic mass is 35.5. The van der Waals surface area contributed by atoms with Gasteiger partial charge in [0, 0.05) is 10.6 Å². The Morgan fingerprint density at radius 2 is 1.68 bits per heavy atom. The summed E-state index contributed by atoms with van der Waals surface area (Å²) in [5.74, 6) is -0.380. The van der Waals surface area contributed by atoms with E-state index in [2.05, 4.69) is 0 Å². The van der Waals surface area contributed by atoms with Crippen LogP contribution < -0.4 is 0 Å². The summed E-state index contributed by atoms with van der Waals surface area (Å²) in [5, 5.41) is 0.507. The van der Waals surface area contributed by atoms with E-state index in [0.29, 0.717) is 10.6 Å².